The molecule has 1 N–H and O–H groups in total. The minimum absolute atomic E-state index is 0.325. The second kappa shape index (κ2) is 5.04. The standard InChI is InChI=1S/C16H23NO2/c1-18-14-8-12-10-17-11-16(6-4-3-5-7-16)13(12)9-15(14)19-2/h8-9,17H,3-7,10-11H2,1-2H3. The average Bonchev–Trinajstić information content (AvgIpc) is 2.47. The summed E-state index contributed by atoms with van der Waals surface area (Å²) in [6, 6.07) is 4.37. The van der Waals surface area contributed by atoms with E-state index in [1.54, 1.807) is 14.2 Å². The van der Waals surface area contributed by atoms with E-state index in [9.17, 15) is 0 Å². The fourth-order valence-corrected chi connectivity index (χ4v) is 3.77. The fourth-order valence-electron chi connectivity index (χ4n) is 3.77. The molecule has 0 amide bonds. The number of ether oxygens (including phenoxy) is 2. The maximum Gasteiger partial charge on any atom is 0.161 e. The van der Waals surface area contributed by atoms with Gasteiger partial charge in [-0.3, -0.25) is 0 Å². The molecule has 3 rings (SSSR count). The Morgan fingerprint density at radius 1 is 1.00 bits per heavy atom. The van der Waals surface area contributed by atoms with Gasteiger partial charge in [0.15, 0.2) is 11.5 Å². The van der Waals surface area contributed by atoms with Crippen LogP contribution in [0.25, 0.3) is 0 Å². The topological polar surface area (TPSA) is 30.5 Å². The Kier molecular flexibility index (Phi) is 3.40. The van der Waals surface area contributed by atoms with E-state index in [1.807, 2.05) is 0 Å². The summed E-state index contributed by atoms with van der Waals surface area (Å²) in [5.74, 6) is 1.71. The molecule has 0 aromatic heterocycles. The van der Waals surface area contributed by atoms with Gasteiger partial charge in [-0.15, -0.1) is 0 Å². The lowest BCUT2D eigenvalue weighted by Crippen LogP contribution is -2.44. The van der Waals surface area contributed by atoms with Crippen LogP contribution in [0.2, 0.25) is 0 Å². The molecule has 1 aromatic rings. The molecule has 1 heterocycles. The molecular formula is C16H23NO2. The Labute approximate surface area is 115 Å². The molecule has 3 heteroatoms. The number of methoxy groups -OCH3 is 2. The molecule has 1 aliphatic carbocycles. The van der Waals surface area contributed by atoms with E-state index in [1.165, 1.54) is 43.2 Å². The van der Waals surface area contributed by atoms with Crippen molar-refractivity contribution in [3.8, 4) is 11.5 Å². The molecule has 104 valence electrons. The largest absolute Gasteiger partial charge is 0.493 e. The van der Waals surface area contributed by atoms with Crippen molar-refractivity contribution in [3.05, 3.63) is 23.3 Å². The maximum atomic E-state index is 5.49. The predicted molar refractivity (Wildman–Crippen MR) is 76.0 cm³/mol. The van der Waals surface area contributed by atoms with Gasteiger partial charge in [0.2, 0.25) is 0 Å². The molecule has 0 bridgehead atoms. The molecule has 2 aliphatic rings. The number of benzene rings is 1. The monoisotopic (exact) mass is 261 g/mol. The highest BCUT2D eigenvalue weighted by Crippen LogP contribution is 2.45. The van der Waals surface area contributed by atoms with E-state index in [4.69, 9.17) is 9.47 Å². The van der Waals surface area contributed by atoms with Gasteiger partial charge < -0.3 is 14.8 Å². The van der Waals surface area contributed by atoms with Gasteiger partial charge in [0.25, 0.3) is 0 Å². The van der Waals surface area contributed by atoms with Crippen molar-refractivity contribution in [2.45, 2.75) is 44.1 Å². The van der Waals surface area contributed by atoms with Gasteiger partial charge in [0, 0.05) is 18.5 Å². The number of fused-ring (bicyclic) bond motifs is 2. The van der Waals surface area contributed by atoms with Gasteiger partial charge in [0.05, 0.1) is 14.2 Å². The minimum atomic E-state index is 0.325. The zero-order valence-electron chi connectivity index (χ0n) is 11.9. The molecule has 0 radical (unpaired) electrons. The zero-order chi connectivity index (χ0) is 13.3. The maximum absolute atomic E-state index is 5.49. The van der Waals surface area contributed by atoms with Crippen LogP contribution in [0.1, 0.15) is 43.2 Å². The van der Waals surface area contributed by atoms with E-state index >= 15 is 0 Å². The van der Waals surface area contributed by atoms with Gasteiger partial charge in [-0.25, -0.2) is 0 Å². The van der Waals surface area contributed by atoms with Crippen LogP contribution in [-0.4, -0.2) is 20.8 Å². The second-order valence-electron chi connectivity index (χ2n) is 5.81. The molecule has 3 nitrogen and oxygen atoms in total. The Balaban J connectivity index is 2.08. The van der Waals surface area contributed by atoms with Crippen molar-refractivity contribution in [2.75, 3.05) is 20.8 Å². The van der Waals surface area contributed by atoms with Crippen LogP contribution in [0.5, 0.6) is 11.5 Å². The van der Waals surface area contributed by atoms with Gasteiger partial charge in [-0.2, -0.15) is 0 Å². The van der Waals surface area contributed by atoms with Crippen LogP contribution >= 0.6 is 0 Å². The normalized spacial score (nSPS) is 20.9. The third-order valence-electron chi connectivity index (χ3n) is 4.77. The highest BCUT2D eigenvalue weighted by Gasteiger charge is 2.38. The Morgan fingerprint density at radius 2 is 1.68 bits per heavy atom. The molecule has 0 unspecified atom stereocenters. The first-order chi connectivity index (χ1) is 9.29. The molecule has 1 fully saturated rings. The first-order valence-corrected chi connectivity index (χ1v) is 7.25. The zero-order valence-corrected chi connectivity index (χ0v) is 11.9. The quantitative estimate of drug-likeness (QED) is 0.887. The molecular weight excluding hydrogens is 238 g/mol. The van der Waals surface area contributed by atoms with Crippen LogP contribution in [0.4, 0.5) is 0 Å². The van der Waals surface area contributed by atoms with Crippen LogP contribution in [0.3, 0.4) is 0 Å². The van der Waals surface area contributed by atoms with E-state index < -0.39 is 0 Å². The molecule has 1 saturated carbocycles. The summed E-state index contributed by atoms with van der Waals surface area (Å²) in [5, 5.41) is 3.59. The fraction of sp³-hybridized carbons (Fsp3) is 0.625. The number of rotatable bonds is 2. The summed E-state index contributed by atoms with van der Waals surface area (Å²) in [6.07, 6.45) is 6.65. The molecule has 19 heavy (non-hydrogen) atoms. The van der Waals surface area contributed by atoms with E-state index in [-0.39, 0.29) is 0 Å². The number of hydrogen-bond donors (Lipinski definition) is 1. The third-order valence-corrected chi connectivity index (χ3v) is 4.77. The summed E-state index contributed by atoms with van der Waals surface area (Å²) in [4.78, 5) is 0. The van der Waals surface area contributed by atoms with Crippen molar-refractivity contribution in [1.29, 1.82) is 0 Å². The van der Waals surface area contributed by atoms with E-state index in [2.05, 4.69) is 17.4 Å². The van der Waals surface area contributed by atoms with Gasteiger partial charge in [-0.1, -0.05) is 19.3 Å². The Hall–Kier alpha value is -1.22. The van der Waals surface area contributed by atoms with Crippen molar-refractivity contribution in [1.82, 2.24) is 5.32 Å². The Morgan fingerprint density at radius 3 is 2.37 bits per heavy atom. The first-order valence-electron chi connectivity index (χ1n) is 7.25. The second-order valence-corrected chi connectivity index (χ2v) is 5.81. The van der Waals surface area contributed by atoms with Crippen LogP contribution < -0.4 is 14.8 Å². The van der Waals surface area contributed by atoms with Crippen molar-refractivity contribution < 1.29 is 9.47 Å². The van der Waals surface area contributed by atoms with Crippen molar-refractivity contribution in [2.24, 2.45) is 0 Å². The molecule has 0 saturated heterocycles. The molecule has 0 atom stereocenters. The summed E-state index contributed by atoms with van der Waals surface area (Å²) < 4.78 is 10.9. The summed E-state index contributed by atoms with van der Waals surface area (Å²) in [7, 11) is 3.43. The van der Waals surface area contributed by atoms with Crippen LogP contribution in [-0.2, 0) is 12.0 Å². The molecule has 1 aliphatic heterocycles. The molecule has 1 aromatic carbocycles. The third kappa shape index (κ3) is 2.10. The van der Waals surface area contributed by atoms with Gasteiger partial charge >= 0.3 is 0 Å². The smallest absolute Gasteiger partial charge is 0.161 e. The van der Waals surface area contributed by atoms with Crippen molar-refractivity contribution >= 4 is 0 Å². The summed E-state index contributed by atoms with van der Waals surface area (Å²) >= 11 is 0. The highest BCUT2D eigenvalue weighted by molar-refractivity contribution is 5.51. The lowest BCUT2D eigenvalue weighted by atomic mass is 9.66. The summed E-state index contributed by atoms with van der Waals surface area (Å²) in [5.41, 5.74) is 3.19. The summed E-state index contributed by atoms with van der Waals surface area (Å²) in [6.45, 7) is 2.05. The van der Waals surface area contributed by atoms with Crippen LogP contribution in [0.15, 0.2) is 12.1 Å². The van der Waals surface area contributed by atoms with E-state index in [0.717, 1.165) is 24.6 Å². The lowest BCUT2D eigenvalue weighted by Gasteiger charge is -2.42. The SMILES string of the molecule is COc1cc2c(cc1OC)C1(CCCCC1)CNC2. The van der Waals surface area contributed by atoms with E-state index in [0.29, 0.717) is 5.41 Å². The highest BCUT2D eigenvalue weighted by atomic mass is 16.5. The number of nitrogens with one attached hydrogen (secondary N) is 1. The predicted octanol–water partition coefficient (Wildman–Crippen LogP) is 3.01. The number of hydrogen-bond acceptors (Lipinski definition) is 3. The van der Waals surface area contributed by atoms with Crippen LogP contribution in [0, 0.1) is 0 Å². The molecule has 1 spiro atoms. The lowest BCUT2D eigenvalue weighted by molar-refractivity contribution is 0.262. The van der Waals surface area contributed by atoms with Gasteiger partial charge in [0.1, 0.15) is 0 Å². The van der Waals surface area contributed by atoms with Crippen molar-refractivity contribution in [3.63, 3.8) is 0 Å². The average molecular weight is 261 g/mol. The minimum Gasteiger partial charge on any atom is -0.493 e. The first kappa shape index (κ1) is 12.8. The van der Waals surface area contributed by atoms with Gasteiger partial charge in [-0.05, 0) is 36.1 Å². The Bertz CT molecular complexity index is 464.